The highest BCUT2D eigenvalue weighted by Crippen LogP contribution is 2.18. The van der Waals surface area contributed by atoms with Crippen LogP contribution >= 0.6 is 11.6 Å². The zero-order valence-electron chi connectivity index (χ0n) is 10.6. The molecule has 19 heavy (non-hydrogen) atoms. The van der Waals surface area contributed by atoms with Gasteiger partial charge in [-0.3, -0.25) is 4.79 Å². The van der Waals surface area contributed by atoms with Gasteiger partial charge in [0.05, 0.1) is 5.02 Å². The summed E-state index contributed by atoms with van der Waals surface area (Å²) in [6, 6.07) is 7.97. The molecule has 2 rings (SSSR count). The number of nitrogens with zero attached hydrogens (tertiary/aromatic N) is 1. The summed E-state index contributed by atoms with van der Waals surface area (Å²) in [5.74, 6) is -0.0542. The van der Waals surface area contributed by atoms with Crippen LogP contribution in [0.3, 0.4) is 0 Å². The van der Waals surface area contributed by atoms with Crippen LogP contribution in [0.5, 0.6) is 5.75 Å². The van der Waals surface area contributed by atoms with Crippen LogP contribution in [-0.4, -0.2) is 15.6 Å². The first-order valence-corrected chi connectivity index (χ1v) is 6.44. The van der Waals surface area contributed by atoms with E-state index in [0.29, 0.717) is 16.4 Å². The molecule has 0 atom stereocenters. The van der Waals surface area contributed by atoms with Crippen molar-refractivity contribution in [2.24, 2.45) is 0 Å². The van der Waals surface area contributed by atoms with Gasteiger partial charge in [0, 0.05) is 18.4 Å². The normalized spacial score (nSPS) is 10.4. The minimum atomic E-state index is -0.217. The molecule has 0 radical (unpaired) electrons. The topological polar surface area (TPSA) is 54.3 Å². The van der Waals surface area contributed by atoms with Gasteiger partial charge in [-0.1, -0.05) is 18.5 Å². The molecule has 1 aromatic heterocycles. The Labute approximate surface area is 116 Å². The molecular weight excluding hydrogens is 264 g/mol. The first-order chi connectivity index (χ1) is 9.10. The Balaban J connectivity index is 2.17. The monoisotopic (exact) mass is 278 g/mol. The molecule has 4 nitrogen and oxygen atoms in total. The minimum Gasteiger partial charge on any atom is -0.508 e. The highest BCUT2D eigenvalue weighted by Gasteiger charge is 2.13. The van der Waals surface area contributed by atoms with Crippen LogP contribution < -0.4 is 5.32 Å². The van der Waals surface area contributed by atoms with Crippen LogP contribution in [-0.2, 0) is 6.54 Å². The smallest absolute Gasteiger partial charge is 0.272 e. The Morgan fingerprint density at radius 3 is 2.68 bits per heavy atom. The van der Waals surface area contributed by atoms with Crippen LogP contribution in [0.1, 0.15) is 23.8 Å². The van der Waals surface area contributed by atoms with E-state index >= 15 is 0 Å². The number of anilines is 1. The number of phenolic OH excluding ortho intramolecular Hbond substituents is 1. The number of hydrogen-bond acceptors (Lipinski definition) is 2. The van der Waals surface area contributed by atoms with Crippen LogP contribution in [0.4, 0.5) is 5.69 Å². The van der Waals surface area contributed by atoms with Gasteiger partial charge in [-0.05, 0) is 36.8 Å². The Morgan fingerprint density at radius 2 is 2.05 bits per heavy atom. The van der Waals surface area contributed by atoms with E-state index in [1.165, 1.54) is 12.1 Å². The number of aromatic hydroxyl groups is 1. The number of amides is 1. The fraction of sp³-hybridized carbons (Fsp3) is 0.214. The zero-order valence-corrected chi connectivity index (χ0v) is 11.3. The van der Waals surface area contributed by atoms with Crippen LogP contribution in [0, 0.1) is 0 Å². The van der Waals surface area contributed by atoms with E-state index < -0.39 is 0 Å². The van der Waals surface area contributed by atoms with Gasteiger partial charge in [0.2, 0.25) is 0 Å². The lowest BCUT2D eigenvalue weighted by atomic mass is 10.3. The highest BCUT2D eigenvalue weighted by atomic mass is 35.5. The predicted octanol–water partition coefficient (Wildman–Crippen LogP) is 3.51. The molecule has 0 fully saturated rings. The molecule has 0 spiro atoms. The number of benzene rings is 1. The number of carbonyl (C=O) groups is 1. The lowest BCUT2D eigenvalue weighted by Gasteiger charge is -2.08. The molecule has 0 aliphatic rings. The molecule has 0 saturated heterocycles. The van der Waals surface area contributed by atoms with Crippen molar-refractivity contribution in [1.29, 1.82) is 0 Å². The third-order valence-electron chi connectivity index (χ3n) is 2.69. The van der Waals surface area contributed by atoms with E-state index in [0.717, 1.165) is 13.0 Å². The summed E-state index contributed by atoms with van der Waals surface area (Å²) in [7, 11) is 0. The average Bonchev–Trinajstić information content (AvgIpc) is 2.74. The second-order valence-electron chi connectivity index (χ2n) is 4.24. The second kappa shape index (κ2) is 5.80. The SMILES string of the molecule is CCCn1cc(Cl)cc1C(=O)Nc1ccc(O)cc1. The minimum absolute atomic E-state index is 0.162. The molecule has 2 aromatic rings. The van der Waals surface area contributed by atoms with E-state index in [1.807, 2.05) is 11.5 Å². The Hall–Kier alpha value is -1.94. The number of aromatic nitrogens is 1. The maximum Gasteiger partial charge on any atom is 0.272 e. The maximum atomic E-state index is 12.2. The molecule has 1 heterocycles. The highest BCUT2D eigenvalue weighted by molar-refractivity contribution is 6.31. The van der Waals surface area contributed by atoms with Crippen molar-refractivity contribution in [2.75, 3.05) is 5.32 Å². The molecule has 2 N–H and O–H groups in total. The summed E-state index contributed by atoms with van der Waals surface area (Å²) >= 11 is 5.94. The molecule has 0 aliphatic heterocycles. The molecule has 0 unspecified atom stereocenters. The van der Waals surface area contributed by atoms with E-state index in [9.17, 15) is 9.90 Å². The van der Waals surface area contributed by atoms with Crippen molar-refractivity contribution in [3.8, 4) is 5.75 Å². The molecule has 1 amide bonds. The summed E-state index contributed by atoms with van der Waals surface area (Å²) in [4.78, 5) is 12.2. The second-order valence-corrected chi connectivity index (χ2v) is 4.67. The van der Waals surface area contributed by atoms with Gasteiger partial charge in [-0.15, -0.1) is 0 Å². The number of nitrogens with one attached hydrogen (secondary N) is 1. The van der Waals surface area contributed by atoms with E-state index in [4.69, 9.17) is 11.6 Å². The van der Waals surface area contributed by atoms with Crippen molar-refractivity contribution in [1.82, 2.24) is 4.57 Å². The first kappa shape index (κ1) is 13.5. The summed E-state index contributed by atoms with van der Waals surface area (Å²) < 4.78 is 1.83. The third-order valence-corrected chi connectivity index (χ3v) is 2.89. The maximum absolute atomic E-state index is 12.2. The van der Waals surface area contributed by atoms with Gasteiger partial charge in [-0.25, -0.2) is 0 Å². The first-order valence-electron chi connectivity index (χ1n) is 6.06. The Kier molecular flexibility index (Phi) is 4.12. The van der Waals surface area contributed by atoms with Gasteiger partial charge >= 0.3 is 0 Å². The van der Waals surface area contributed by atoms with Gasteiger partial charge in [0.25, 0.3) is 5.91 Å². The molecule has 0 saturated carbocycles. The molecule has 1 aromatic carbocycles. The van der Waals surface area contributed by atoms with Gasteiger partial charge < -0.3 is 15.0 Å². The number of carbonyl (C=O) groups excluding carboxylic acids is 1. The quantitative estimate of drug-likeness (QED) is 0.841. The summed E-state index contributed by atoms with van der Waals surface area (Å²) in [5, 5.41) is 12.5. The van der Waals surface area contributed by atoms with Gasteiger partial charge in [-0.2, -0.15) is 0 Å². The van der Waals surface area contributed by atoms with Crippen molar-refractivity contribution < 1.29 is 9.90 Å². The summed E-state index contributed by atoms with van der Waals surface area (Å²) in [5.41, 5.74) is 1.16. The van der Waals surface area contributed by atoms with Gasteiger partial charge in [0.1, 0.15) is 11.4 Å². The zero-order chi connectivity index (χ0) is 13.8. The number of halogens is 1. The van der Waals surface area contributed by atoms with Gasteiger partial charge in [0.15, 0.2) is 0 Å². The van der Waals surface area contributed by atoms with Crippen molar-refractivity contribution in [2.45, 2.75) is 19.9 Å². The van der Waals surface area contributed by atoms with Crippen LogP contribution in [0.15, 0.2) is 36.5 Å². The number of aryl methyl sites for hydroxylation is 1. The number of rotatable bonds is 4. The summed E-state index contributed by atoms with van der Waals surface area (Å²) in [6.07, 6.45) is 2.67. The fourth-order valence-electron chi connectivity index (χ4n) is 1.83. The summed E-state index contributed by atoms with van der Waals surface area (Å²) in [6.45, 7) is 2.78. The van der Waals surface area contributed by atoms with Crippen molar-refractivity contribution in [3.63, 3.8) is 0 Å². The number of phenols is 1. The van der Waals surface area contributed by atoms with Crippen molar-refractivity contribution >= 4 is 23.2 Å². The van der Waals surface area contributed by atoms with Crippen LogP contribution in [0.2, 0.25) is 5.02 Å². The molecule has 0 bridgehead atoms. The fourth-order valence-corrected chi connectivity index (χ4v) is 2.05. The van der Waals surface area contributed by atoms with E-state index in [-0.39, 0.29) is 11.7 Å². The predicted molar refractivity (Wildman–Crippen MR) is 75.8 cm³/mol. The van der Waals surface area contributed by atoms with Crippen molar-refractivity contribution in [3.05, 3.63) is 47.2 Å². The molecule has 100 valence electrons. The van der Waals surface area contributed by atoms with Crippen LogP contribution in [0.25, 0.3) is 0 Å². The Bertz CT molecular complexity index is 576. The average molecular weight is 279 g/mol. The standard InChI is InChI=1S/C14H15ClN2O2/c1-2-7-17-9-10(15)8-13(17)14(19)16-11-3-5-12(18)6-4-11/h3-6,8-9,18H,2,7H2,1H3,(H,16,19). The Morgan fingerprint density at radius 1 is 1.37 bits per heavy atom. The third kappa shape index (κ3) is 3.29. The molecular formula is C14H15ClN2O2. The lowest BCUT2D eigenvalue weighted by Crippen LogP contribution is -2.16. The van der Waals surface area contributed by atoms with E-state index in [2.05, 4.69) is 5.32 Å². The molecule has 5 heteroatoms. The lowest BCUT2D eigenvalue weighted by molar-refractivity contribution is 0.101. The molecule has 0 aliphatic carbocycles. The van der Waals surface area contributed by atoms with E-state index in [1.54, 1.807) is 24.4 Å². The largest absolute Gasteiger partial charge is 0.508 e. The number of hydrogen-bond donors (Lipinski definition) is 2.